The standard InChI is InChI=1S/C12H22N4O/c1-9-11(13)12(16(3)14-9)15(2)7-10-5-4-6-17-8-10/h10H,4-8,13H2,1-3H3. The Labute approximate surface area is 103 Å². The number of rotatable bonds is 3. The number of nitrogens with zero attached hydrogens (tertiary/aromatic N) is 3. The molecule has 0 radical (unpaired) electrons. The van der Waals surface area contributed by atoms with Crippen LogP contribution >= 0.6 is 0 Å². The van der Waals surface area contributed by atoms with Gasteiger partial charge in [0.1, 0.15) is 5.82 Å². The molecule has 1 aromatic rings. The van der Waals surface area contributed by atoms with E-state index in [4.69, 9.17) is 10.5 Å². The van der Waals surface area contributed by atoms with E-state index in [-0.39, 0.29) is 0 Å². The molecule has 1 saturated heterocycles. The van der Waals surface area contributed by atoms with Crippen molar-refractivity contribution in [1.29, 1.82) is 0 Å². The van der Waals surface area contributed by atoms with E-state index in [0.29, 0.717) is 5.92 Å². The van der Waals surface area contributed by atoms with Crippen LogP contribution in [0.2, 0.25) is 0 Å². The molecule has 1 aromatic heterocycles. The smallest absolute Gasteiger partial charge is 0.150 e. The fourth-order valence-electron chi connectivity index (χ4n) is 2.54. The second kappa shape index (κ2) is 4.96. The summed E-state index contributed by atoms with van der Waals surface area (Å²) >= 11 is 0. The largest absolute Gasteiger partial charge is 0.394 e. The zero-order valence-electron chi connectivity index (χ0n) is 10.9. The molecule has 0 bridgehead atoms. The Hall–Kier alpha value is -1.23. The van der Waals surface area contributed by atoms with E-state index in [0.717, 1.165) is 37.0 Å². The molecule has 0 spiro atoms. The first kappa shape index (κ1) is 12.2. The van der Waals surface area contributed by atoms with Crippen molar-refractivity contribution in [2.45, 2.75) is 19.8 Å². The Morgan fingerprint density at radius 3 is 2.88 bits per heavy atom. The third-order valence-electron chi connectivity index (χ3n) is 3.39. The van der Waals surface area contributed by atoms with Gasteiger partial charge in [0, 0.05) is 27.2 Å². The summed E-state index contributed by atoms with van der Waals surface area (Å²) in [7, 11) is 4.01. The highest BCUT2D eigenvalue weighted by Gasteiger charge is 2.20. The first-order valence-electron chi connectivity index (χ1n) is 6.17. The second-order valence-electron chi connectivity index (χ2n) is 4.91. The van der Waals surface area contributed by atoms with E-state index in [1.54, 1.807) is 0 Å². The zero-order valence-corrected chi connectivity index (χ0v) is 10.9. The van der Waals surface area contributed by atoms with Crippen LogP contribution in [0, 0.1) is 12.8 Å². The predicted octanol–water partition coefficient (Wildman–Crippen LogP) is 1.17. The lowest BCUT2D eigenvalue weighted by molar-refractivity contribution is 0.0575. The maximum atomic E-state index is 6.05. The Morgan fingerprint density at radius 2 is 2.35 bits per heavy atom. The zero-order chi connectivity index (χ0) is 12.4. The number of anilines is 2. The average molecular weight is 238 g/mol. The molecule has 5 nitrogen and oxygen atoms in total. The molecule has 5 heteroatoms. The fraction of sp³-hybridized carbons (Fsp3) is 0.750. The van der Waals surface area contributed by atoms with Crippen molar-refractivity contribution in [3.63, 3.8) is 0 Å². The summed E-state index contributed by atoms with van der Waals surface area (Å²) in [5.74, 6) is 1.61. The molecule has 17 heavy (non-hydrogen) atoms. The number of aromatic nitrogens is 2. The van der Waals surface area contributed by atoms with Gasteiger partial charge < -0.3 is 15.4 Å². The van der Waals surface area contributed by atoms with Crippen molar-refractivity contribution >= 4 is 11.5 Å². The molecule has 1 fully saturated rings. The van der Waals surface area contributed by atoms with Gasteiger partial charge in [-0.2, -0.15) is 5.10 Å². The van der Waals surface area contributed by atoms with Crippen molar-refractivity contribution in [3.05, 3.63) is 5.69 Å². The fourth-order valence-corrected chi connectivity index (χ4v) is 2.54. The van der Waals surface area contributed by atoms with Gasteiger partial charge in [-0.05, 0) is 25.7 Å². The predicted molar refractivity (Wildman–Crippen MR) is 69.2 cm³/mol. The highest BCUT2D eigenvalue weighted by molar-refractivity contribution is 5.65. The molecule has 0 saturated carbocycles. The first-order valence-corrected chi connectivity index (χ1v) is 6.17. The Balaban J connectivity index is 2.05. The van der Waals surface area contributed by atoms with Gasteiger partial charge in [-0.25, -0.2) is 0 Å². The van der Waals surface area contributed by atoms with Gasteiger partial charge >= 0.3 is 0 Å². The number of nitrogens with two attached hydrogens (primary N) is 1. The van der Waals surface area contributed by atoms with Crippen LogP contribution < -0.4 is 10.6 Å². The lowest BCUT2D eigenvalue weighted by Gasteiger charge is -2.28. The SMILES string of the molecule is Cc1nn(C)c(N(C)CC2CCCOC2)c1N. The number of hydrogen-bond donors (Lipinski definition) is 1. The molecule has 0 aromatic carbocycles. The molecule has 2 rings (SSSR count). The summed E-state index contributed by atoms with van der Waals surface area (Å²) in [6.45, 7) is 4.69. The van der Waals surface area contributed by atoms with E-state index >= 15 is 0 Å². The molecule has 1 aliphatic rings. The van der Waals surface area contributed by atoms with Gasteiger partial charge in [0.2, 0.25) is 0 Å². The normalized spacial score (nSPS) is 20.5. The summed E-state index contributed by atoms with van der Waals surface area (Å²) in [6, 6.07) is 0. The van der Waals surface area contributed by atoms with Crippen molar-refractivity contribution in [3.8, 4) is 0 Å². The molecule has 1 unspecified atom stereocenters. The molecule has 1 aliphatic heterocycles. The van der Waals surface area contributed by atoms with Gasteiger partial charge in [-0.3, -0.25) is 4.68 Å². The van der Waals surface area contributed by atoms with Crippen molar-refractivity contribution in [1.82, 2.24) is 9.78 Å². The molecule has 1 atom stereocenters. The molecule has 2 heterocycles. The van der Waals surface area contributed by atoms with Gasteiger partial charge in [0.15, 0.2) is 0 Å². The van der Waals surface area contributed by atoms with E-state index in [9.17, 15) is 0 Å². The Morgan fingerprint density at radius 1 is 1.59 bits per heavy atom. The van der Waals surface area contributed by atoms with E-state index < -0.39 is 0 Å². The first-order chi connectivity index (χ1) is 8.09. The van der Waals surface area contributed by atoms with E-state index in [2.05, 4.69) is 17.0 Å². The molecular formula is C12H22N4O. The minimum absolute atomic E-state index is 0.600. The summed E-state index contributed by atoms with van der Waals surface area (Å²) in [6.07, 6.45) is 2.40. The van der Waals surface area contributed by atoms with Crippen LogP contribution in [0.3, 0.4) is 0 Å². The maximum Gasteiger partial charge on any atom is 0.150 e. The molecule has 96 valence electrons. The number of nitrogen functional groups attached to an aromatic ring is 1. The van der Waals surface area contributed by atoms with E-state index in [1.165, 1.54) is 12.8 Å². The highest BCUT2D eigenvalue weighted by Crippen LogP contribution is 2.26. The lowest BCUT2D eigenvalue weighted by Crippen LogP contribution is -2.32. The van der Waals surface area contributed by atoms with Gasteiger partial charge in [-0.15, -0.1) is 0 Å². The summed E-state index contributed by atoms with van der Waals surface area (Å²) in [5.41, 5.74) is 7.73. The molecule has 0 amide bonds. The Kier molecular flexibility index (Phi) is 3.57. The van der Waals surface area contributed by atoms with E-state index in [1.807, 2.05) is 18.7 Å². The second-order valence-corrected chi connectivity index (χ2v) is 4.91. The Bertz CT molecular complexity index is 382. The third-order valence-corrected chi connectivity index (χ3v) is 3.39. The number of hydrogen-bond acceptors (Lipinski definition) is 4. The highest BCUT2D eigenvalue weighted by atomic mass is 16.5. The van der Waals surface area contributed by atoms with Gasteiger partial charge in [-0.1, -0.05) is 0 Å². The van der Waals surface area contributed by atoms with Gasteiger partial charge in [0.05, 0.1) is 18.0 Å². The van der Waals surface area contributed by atoms with Crippen LogP contribution in [-0.4, -0.2) is 36.6 Å². The van der Waals surface area contributed by atoms with Crippen LogP contribution in [0.1, 0.15) is 18.5 Å². The van der Waals surface area contributed by atoms with Crippen molar-refractivity contribution in [2.75, 3.05) is 37.4 Å². The van der Waals surface area contributed by atoms with Crippen LogP contribution in [0.4, 0.5) is 11.5 Å². The molecule has 2 N–H and O–H groups in total. The molecule has 0 aliphatic carbocycles. The van der Waals surface area contributed by atoms with Crippen LogP contribution in [0.15, 0.2) is 0 Å². The summed E-state index contributed by atoms with van der Waals surface area (Å²) in [5, 5.41) is 4.34. The van der Waals surface area contributed by atoms with Crippen molar-refractivity contribution < 1.29 is 4.74 Å². The lowest BCUT2D eigenvalue weighted by atomic mass is 10.0. The quantitative estimate of drug-likeness (QED) is 0.859. The minimum atomic E-state index is 0.600. The number of ether oxygens (including phenoxy) is 1. The average Bonchev–Trinajstić information content (AvgIpc) is 2.54. The van der Waals surface area contributed by atoms with Crippen LogP contribution in [-0.2, 0) is 11.8 Å². The summed E-state index contributed by atoms with van der Waals surface area (Å²) in [4.78, 5) is 2.19. The van der Waals surface area contributed by atoms with Crippen LogP contribution in [0.25, 0.3) is 0 Å². The monoisotopic (exact) mass is 238 g/mol. The van der Waals surface area contributed by atoms with Crippen LogP contribution in [0.5, 0.6) is 0 Å². The van der Waals surface area contributed by atoms with Crippen molar-refractivity contribution in [2.24, 2.45) is 13.0 Å². The molecular weight excluding hydrogens is 216 g/mol. The maximum absolute atomic E-state index is 6.05. The van der Waals surface area contributed by atoms with Gasteiger partial charge in [0.25, 0.3) is 0 Å². The summed E-state index contributed by atoms with van der Waals surface area (Å²) < 4.78 is 7.36. The minimum Gasteiger partial charge on any atom is -0.394 e. The topological polar surface area (TPSA) is 56.3 Å². The number of aryl methyl sites for hydroxylation is 2. The third kappa shape index (κ3) is 2.54.